The van der Waals surface area contributed by atoms with E-state index in [9.17, 15) is 4.79 Å². The fourth-order valence-corrected chi connectivity index (χ4v) is 2.20. The molecular weight excluding hydrogens is 358 g/mol. The van der Waals surface area contributed by atoms with Crippen molar-refractivity contribution < 1.29 is 23.7 Å². The Morgan fingerprint density at radius 3 is 1.79 bits per heavy atom. The summed E-state index contributed by atoms with van der Waals surface area (Å²) in [6.45, 7) is 16.4. The molecule has 0 fully saturated rings. The maximum Gasteiger partial charge on any atom is 0.224 e. The average Bonchev–Trinajstić information content (AvgIpc) is 2.65. The van der Waals surface area contributed by atoms with Gasteiger partial charge in [-0.1, -0.05) is 41.0 Å². The molecule has 0 saturated carbocycles. The van der Waals surface area contributed by atoms with E-state index < -0.39 is 0 Å². The molecule has 0 unspecified atom stereocenters. The van der Waals surface area contributed by atoms with Gasteiger partial charge in [-0.3, -0.25) is 4.79 Å². The van der Waals surface area contributed by atoms with Crippen molar-refractivity contribution in [2.24, 2.45) is 11.3 Å². The third kappa shape index (κ3) is 17.4. The molecule has 0 bridgehead atoms. The molecule has 0 aromatic rings. The van der Waals surface area contributed by atoms with Gasteiger partial charge in [-0.05, 0) is 24.2 Å². The van der Waals surface area contributed by atoms with Crippen LogP contribution < -0.4 is 0 Å². The molecule has 0 heterocycles. The molecule has 0 N–H and O–H groups in total. The molecule has 0 saturated heterocycles. The smallest absolute Gasteiger partial charge is 0.224 e. The van der Waals surface area contributed by atoms with E-state index in [1.807, 2.05) is 7.05 Å². The first-order chi connectivity index (χ1) is 13.3. The molecule has 6 heteroatoms. The third-order valence-electron chi connectivity index (χ3n) is 4.92. The lowest BCUT2D eigenvalue weighted by atomic mass is 9.86. The first kappa shape index (κ1) is 27.3. The molecule has 0 aliphatic carbocycles. The van der Waals surface area contributed by atoms with Crippen LogP contribution in [0.25, 0.3) is 0 Å². The Balaban J connectivity index is 3.37. The number of rotatable bonds is 19. The number of amides is 1. The zero-order chi connectivity index (χ0) is 21.3. The molecular formula is C22H45NO5. The van der Waals surface area contributed by atoms with Gasteiger partial charge in [0.05, 0.1) is 52.7 Å². The number of ether oxygens (including phenoxy) is 4. The van der Waals surface area contributed by atoms with E-state index in [2.05, 4.69) is 34.6 Å². The van der Waals surface area contributed by atoms with Crippen molar-refractivity contribution in [1.29, 1.82) is 0 Å². The summed E-state index contributed by atoms with van der Waals surface area (Å²) in [7, 11) is 1.87. The summed E-state index contributed by atoms with van der Waals surface area (Å²) >= 11 is 0. The predicted octanol–water partition coefficient (Wildman–Crippen LogP) is 3.77. The molecule has 1 amide bonds. The van der Waals surface area contributed by atoms with Gasteiger partial charge in [-0.25, -0.2) is 0 Å². The van der Waals surface area contributed by atoms with Crippen molar-refractivity contribution in [3.05, 3.63) is 0 Å². The molecule has 0 aromatic carbocycles. The normalized spacial score (nSPS) is 12.0. The predicted molar refractivity (Wildman–Crippen MR) is 114 cm³/mol. The minimum absolute atomic E-state index is 0.136. The van der Waals surface area contributed by atoms with Gasteiger partial charge in [-0.15, -0.1) is 0 Å². The van der Waals surface area contributed by atoms with Crippen LogP contribution >= 0.6 is 0 Å². The second-order valence-corrected chi connectivity index (χ2v) is 8.47. The van der Waals surface area contributed by atoms with E-state index in [0.717, 1.165) is 32.4 Å². The molecule has 6 nitrogen and oxygen atoms in total. The Morgan fingerprint density at radius 1 is 0.857 bits per heavy atom. The van der Waals surface area contributed by atoms with Crippen LogP contribution in [-0.4, -0.2) is 77.3 Å². The molecule has 0 aliphatic heterocycles. The van der Waals surface area contributed by atoms with Gasteiger partial charge in [0.1, 0.15) is 0 Å². The monoisotopic (exact) mass is 403 g/mol. The van der Waals surface area contributed by atoms with Gasteiger partial charge in [0.2, 0.25) is 5.91 Å². The largest absolute Gasteiger partial charge is 0.379 e. The van der Waals surface area contributed by atoms with Gasteiger partial charge in [-0.2, -0.15) is 0 Å². The van der Waals surface area contributed by atoms with E-state index in [-0.39, 0.29) is 11.3 Å². The first-order valence-electron chi connectivity index (χ1n) is 10.8. The van der Waals surface area contributed by atoms with Crippen LogP contribution in [-0.2, 0) is 23.7 Å². The summed E-state index contributed by atoms with van der Waals surface area (Å²) in [6, 6.07) is 0. The highest BCUT2D eigenvalue weighted by molar-refractivity contribution is 5.75. The van der Waals surface area contributed by atoms with Crippen LogP contribution in [0.15, 0.2) is 0 Å². The molecule has 0 aromatic heterocycles. The fourth-order valence-electron chi connectivity index (χ4n) is 2.20. The van der Waals surface area contributed by atoms with Crippen molar-refractivity contribution in [3.8, 4) is 0 Å². The van der Waals surface area contributed by atoms with E-state index in [0.29, 0.717) is 58.6 Å². The molecule has 0 atom stereocenters. The van der Waals surface area contributed by atoms with Gasteiger partial charge < -0.3 is 23.8 Å². The third-order valence-corrected chi connectivity index (χ3v) is 4.92. The Hall–Kier alpha value is -0.690. The lowest BCUT2D eigenvalue weighted by molar-refractivity contribution is -0.131. The highest BCUT2D eigenvalue weighted by Crippen LogP contribution is 2.24. The van der Waals surface area contributed by atoms with E-state index in [4.69, 9.17) is 18.9 Å². The Bertz CT molecular complexity index is 374. The van der Waals surface area contributed by atoms with Gasteiger partial charge in [0, 0.05) is 20.2 Å². The minimum Gasteiger partial charge on any atom is -0.379 e. The fraction of sp³-hybridized carbons (Fsp3) is 0.955. The van der Waals surface area contributed by atoms with Gasteiger partial charge >= 0.3 is 0 Å². The van der Waals surface area contributed by atoms with Gasteiger partial charge in [0.15, 0.2) is 0 Å². The summed E-state index contributed by atoms with van der Waals surface area (Å²) in [5, 5.41) is 0. The van der Waals surface area contributed by atoms with Gasteiger partial charge in [0.25, 0.3) is 0 Å². The van der Waals surface area contributed by atoms with E-state index in [1.165, 1.54) is 0 Å². The summed E-state index contributed by atoms with van der Waals surface area (Å²) in [5.74, 6) is 0.811. The number of hydrogen-bond acceptors (Lipinski definition) is 5. The molecule has 0 aliphatic rings. The van der Waals surface area contributed by atoms with Crippen LogP contribution in [0.2, 0.25) is 0 Å². The highest BCUT2D eigenvalue weighted by atomic mass is 16.6. The number of nitrogens with zero attached hydrogens (tertiary/aromatic N) is 1. The Kier molecular flexibility index (Phi) is 16.8. The van der Waals surface area contributed by atoms with Crippen LogP contribution in [0.5, 0.6) is 0 Å². The maximum absolute atomic E-state index is 12.1. The molecule has 28 heavy (non-hydrogen) atoms. The van der Waals surface area contributed by atoms with Crippen molar-refractivity contribution in [2.45, 2.75) is 60.3 Å². The van der Waals surface area contributed by atoms with E-state index >= 15 is 0 Å². The minimum atomic E-state index is 0.136. The Morgan fingerprint density at radius 2 is 1.32 bits per heavy atom. The SMILES string of the molecule is CCC(C)(C)CCN(C)C(=O)CCOCCOCCOCCOCCC(C)C. The van der Waals surface area contributed by atoms with E-state index in [1.54, 1.807) is 4.90 Å². The number of hydrogen-bond donors (Lipinski definition) is 0. The second kappa shape index (κ2) is 17.2. The Labute approximate surface area is 173 Å². The summed E-state index contributed by atoms with van der Waals surface area (Å²) in [4.78, 5) is 13.9. The topological polar surface area (TPSA) is 57.2 Å². The zero-order valence-electron chi connectivity index (χ0n) is 19.3. The molecule has 168 valence electrons. The summed E-state index contributed by atoms with van der Waals surface area (Å²) < 4.78 is 21.8. The van der Waals surface area contributed by atoms with Crippen LogP contribution in [0.3, 0.4) is 0 Å². The highest BCUT2D eigenvalue weighted by Gasteiger charge is 2.17. The van der Waals surface area contributed by atoms with Crippen molar-refractivity contribution in [3.63, 3.8) is 0 Å². The van der Waals surface area contributed by atoms with Crippen molar-refractivity contribution >= 4 is 5.91 Å². The van der Waals surface area contributed by atoms with Crippen molar-refractivity contribution in [1.82, 2.24) is 4.90 Å². The average molecular weight is 404 g/mol. The number of carbonyl (C=O) groups excluding carboxylic acids is 1. The first-order valence-corrected chi connectivity index (χ1v) is 10.8. The molecule has 0 radical (unpaired) electrons. The molecule has 0 rings (SSSR count). The lowest BCUT2D eigenvalue weighted by Crippen LogP contribution is -2.31. The number of carbonyl (C=O) groups is 1. The second-order valence-electron chi connectivity index (χ2n) is 8.47. The van der Waals surface area contributed by atoms with Crippen LogP contribution in [0, 0.1) is 11.3 Å². The summed E-state index contributed by atoms with van der Waals surface area (Å²) in [5.41, 5.74) is 0.285. The maximum atomic E-state index is 12.1. The quantitative estimate of drug-likeness (QED) is 0.307. The summed E-state index contributed by atoms with van der Waals surface area (Å²) in [6.07, 6.45) is 3.65. The standard InChI is InChI=1S/C22H45NO5/c1-7-22(4,5)10-11-23(6)21(24)9-13-26-15-17-28-19-18-27-16-14-25-12-8-20(2)3/h20H,7-19H2,1-6H3. The molecule has 0 spiro atoms. The van der Waals surface area contributed by atoms with Crippen molar-refractivity contribution in [2.75, 3.05) is 66.4 Å². The lowest BCUT2D eigenvalue weighted by Gasteiger charge is -2.26. The van der Waals surface area contributed by atoms with Crippen LogP contribution in [0.1, 0.15) is 60.3 Å². The van der Waals surface area contributed by atoms with Crippen LogP contribution in [0.4, 0.5) is 0 Å². The zero-order valence-corrected chi connectivity index (χ0v) is 19.3.